The Balaban J connectivity index is 0. The Labute approximate surface area is 97.5 Å². The fourth-order valence-electron chi connectivity index (χ4n) is 0.714. The molecule has 0 unspecified atom stereocenters. The van der Waals surface area contributed by atoms with Crippen molar-refractivity contribution in [3.8, 4) is 0 Å². The van der Waals surface area contributed by atoms with Crippen molar-refractivity contribution in [1.82, 2.24) is 0 Å². The summed E-state index contributed by atoms with van der Waals surface area (Å²) in [5, 5.41) is 33.8. The predicted octanol–water partition coefficient (Wildman–Crippen LogP) is -2.43. The van der Waals surface area contributed by atoms with Gasteiger partial charge in [0.2, 0.25) is 0 Å². The summed E-state index contributed by atoms with van der Waals surface area (Å²) in [4.78, 5) is 30.5. The summed E-state index contributed by atoms with van der Waals surface area (Å²) in [6, 6.07) is 0. The summed E-state index contributed by atoms with van der Waals surface area (Å²) in [7, 11) is 0. The first-order valence-corrected chi connectivity index (χ1v) is 3.17. The molecule has 0 heterocycles. The third kappa shape index (κ3) is 5.08. The van der Waals surface area contributed by atoms with Crippen LogP contribution < -0.4 is 0 Å². The predicted molar refractivity (Wildman–Crippen MR) is 47.0 cm³/mol. The molecule has 0 radical (unpaired) electrons. The molecular formula is C6H11BiO7. The number of hydrogen-bond acceptors (Lipinski definition) is 4. The van der Waals surface area contributed by atoms with Crippen LogP contribution in [0.1, 0.15) is 12.8 Å². The molecule has 0 aliphatic heterocycles. The number of carboxylic acids is 3. The van der Waals surface area contributed by atoms with Crippen molar-refractivity contribution < 1.29 is 34.8 Å². The topological polar surface area (TPSA) is 132 Å². The van der Waals surface area contributed by atoms with Crippen molar-refractivity contribution in [3.05, 3.63) is 0 Å². The van der Waals surface area contributed by atoms with E-state index in [4.69, 9.17) is 20.4 Å². The van der Waals surface area contributed by atoms with Gasteiger partial charge < -0.3 is 20.4 Å². The van der Waals surface area contributed by atoms with E-state index in [1.54, 1.807) is 0 Å². The molecule has 14 heavy (non-hydrogen) atoms. The van der Waals surface area contributed by atoms with E-state index >= 15 is 0 Å². The Morgan fingerprint density at radius 1 is 0.929 bits per heavy atom. The first-order valence-electron chi connectivity index (χ1n) is 3.17. The molecule has 0 aromatic carbocycles. The first kappa shape index (κ1) is 15.7. The number of carbonyl (C=O) groups is 3. The second kappa shape index (κ2) is 5.87. The zero-order chi connectivity index (χ0) is 10.6. The van der Waals surface area contributed by atoms with Gasteiger partial charge in [-0.15, -0.1) is 0 Å². The molecule has 0 aromatic rings. The van der Waals surface area contributed by atoms with Gasteiger partial charge in [0.25, 0.3) is 0 Å². The normalized spacial score (nSPS) is 10.1. The molecule has 4 N–H and O–H groups in total. The van der Waals surface area contributed by atoms with Crippen LogP contribution in [-0.2, 0) is 14.4 Å². The molecule has 0 amide bonds. The minimum atomic E-state index is -2.74. The van der Waals surface area contributed by atoms with Crippen LogP contribution in [0.2, 0.25) is 0 Å². The monoisotopic (exact) mass is 404 g/mol. The van der Waals surface area contributed by atoms with Crippen molar-refractivity contribution >= 4 is 44.1 Å². The molecule has 0 fully saturated rings. The molecule has 0 atom stereocenters. The van der Waals surface area contributed by atoms with E-state index in [9.17, 15) is 14.4 Å². The molecule has 7 nitrogen and oxygen atoms in total. The fraction of sp³-hybridized carbons (Fsp3) is 0.500. The Kier molecular flexibility index (Phi) is 6.59. The van der Waals surface area contributed by atoms with Gasteiger partial charge in [-0.25, -0.2) is 4.79 Å². The summed E-state index contributed by atoms with van der Waals surface area (Å²) in [5.41, 5.74) is -2.74. The number of rotatable bonds is 5. The van der Waals surface area contributed by atoms with Gasteiger partial charge in [0.1, 0.15) is 0 Å². The SMILES string of the molecule is O=C(O)CC(O)(CC(=O)O)C(=O)O.[BiH3]. The standard InChI is InChI=1S/C6H8O7.Bi.3H/c7-3(8)1-6(13,5(11)12)2-4(9)10;;;;/h13H,1-2H2,(H,7,8)(H,9,10)(H,11,12);;;;. The molecule has 0 bridgehead atoms. The van der Waals surface area contributed by atoms with Crippen LogP contribution >= 0.6 is 0 Å². The second-order valence-electron chi connectivity index (χ2n) is 2.48. The van der Waals surface area contributed by atoms with Crippen LogP contribution in [0.3, 0.4) is 0 Å². The zero-order valence-electron chi connectivity index (χ0n) is 7.13. The number of aliphatic hydroxyl groups is 1. The average Bonchev–Trinajstić information content (AvgIpc) is 1.82. The summed E-state index contributed by atoms with van der Waals surface area (Å²) in [6.07, 6.45) is -2.29. The molecule has 0 aliphatic carbocycles. The average molecular weight is 404 g/mol. The van der Waals surface area contributed by atoms with Crippen LogP contribution in [0.15, 0.2) is 0 Å². The minimum absolute atomic E-state index is 0. The number of hydrogen-bond donors (Lipinski definition) is 4. The van der Waals surface area contributed by atoms with Gasteiger partial charge in [0.05, 0.1) is 12.8 Å². The third-order valence-corrected chi connectivity index (χ3v) is 1.29. The van der Waals surface area contributed by atoms with Gasteiger partial charge in [-0.3, -0.25) is 9.59 Å². The Hall–Kier alpha value is -0.747. The number of aliphatic carboxylic acids is 3. The van der Waals surface area contributed by atoms with E-state index in [0.29, 0.717) is 0 Å². The van der Waals surface area contributed by atoms with Crippen LogP contribution in [0.4, 0.5) is 0 Å². The van der Waals surface area contributed by atoms with Crippen LogP contribution in [0.5, 0.6) is 0 Å². The van der Waals surface area contributed by atoms with E-state index in [1.165, 1.54) is 0 Å². The van der Waals surface area contributed by atoms with Gasteiger partial charge >= 0.3 is 44.1 Å². The Morgan fingerprint density at radius 2 is 1.21 bits per heavy atom. The second-order valence-corrected chi connectivity index (χ2v) is 2.48. The molecule has 0 saturated heterocycles. The molecule has 8 heteroatoms. The van der Waals surface area contributed by atoms with Crippen molar-refractivity contribution in [2.45, 2.75) is 18.4 Å². The molecule has 0 rings (SSSR count). The van der Waals surface area contributed by atoms with E-state index < -0.39 is 36.4 Å². The van der Waals surface area contributed by atoms with E-state index in [-0.39, 0.29) is 26.2 Å². The van der Waals surface area contributed by atoms with Gasteiger partial charge in [0, 0.05) is 0 Å². The first-order chi connectivity index (χ1) is 5.78. The molecule has 0 aromatic heterocycles. The van der Waals surface area contributed by atoms with Crippen molar-refractivity contribution in [2.24, 2.45) is 0 Å². The van der Waals surface area contributed by atoms with Gasteiger partial charge in [-0.2, -0.15) is 0 Å². The number of carboxylic acid groups (broad SMARTS) is 3. The summed E-state index contributed by atoms with van der Waals surface area (Å²) >= 11 is 0. The molecule has 0 saturated carbocycles. The molecule has 82 valence electrons. The third-order valence-electron chi connectivity index (χ3n) is 1.29. The van der Waals surface area contributed by atoms with Crippen LogP contribution in [-0.4, -0.2) is 70.1 Å². The molecule has 0 spiro atoms. The van der Waals surface area contributed by atoms with Crippen LogP contribution in [0.25, 0.3) is 0 Å². The van der Waals surface area contributed by atoms with Crippen LogP contribution in [0, 0.1) is 0 Å². The Bertz CT molecular complexity index is 233. The van der Waals surface area contributed by atoms with Gasteiger partial charge in [-0.05, 0) is 0 Å². The van der Waals surface area contributed by atoms with E-state index in [0.717, 1.165) is 0 Å². The molecule has 0 aliphatic rings. The van der Waals surface area contributed by atoms with Gasteiger partial charge in [0.15, 0.2) is 5.60 Å². The fourth-order valence-corrected chi connectivity index (χ4v) is 0.714. The van der Waals surface area contributed by atoms with E-state index in [2.05, 4.69) is 0 Å². The Morgan fingerprint density at radius 3 is 1.36 bits per heavy atom. The molecular weight excluding hydrogens is 393 g/mol. The summed E-state index contributed by atoms with van der Waals surface area (Å²) < 4.78 is 0. The van der Waals surface area contributed by atoms with Crippen molar-refractivity contribution in [1.29, 1.82) is 0 Å². The zero-order valence-corrected chi connectivity index (χ0v) is 12.6. The maximum absolute atomic E-state index is 10.3. The quantitative estimate of drug-likeness (QED) is 0.375. The van der Waals surface area contributed by atoms with Gasteiger partial charge in [-0.1, -0.05) is 0 Å². The van der Waals surface area contributed by atoms with Crippen molar-refractivity contribution in [3.63, 3.8) is 0 Å². The van der Waals surface area contributed by atoms with E-state index in [1.807, 2.05) is 0 Å². The summed E-state index contributed by atoms with van der Waals surface area (Å²) in [6.45, 7) is 0. The van der Waals surface area contributed by atoms with Crippen molar-refractivity contribution in [2.75, 3.05) is 0 Å². The summed E-state index contributed by atoms with van der Waals surface area (Å²) in [5.74, 6) is -5.02. The maximum atomic E-state index is 10.3.